The molecule has 5 rings (SSSR count). The van der Waals surface area contributed by atoms with Crippen LogP contribution < -0.4 is 10.2 Å². The van der Waals surface area contributed by atoms with Crippen molar-refractivity contribution in [1.29, 1.82) is 0 Å². The first-order valence-electron chi connectivity index (χ1n) is 9.90. The van der Waals surface area contributed by atoms with E-state index < -0.39 is 0 Å². The van der Waals surface area contributed by atoms with Gasteiger partial charge in [0.1, 0.15) is 17.3 Å². The van der Waals surface area contributed by atoms with Crippen LogP contribution in [0.15, 0.2) is 0 Å². The lowest BCUT2D eigenvalue weighted by Crippen LogP contribution is -2.56. The van der Waals surface area contributed by atoms with E-state index in [0.29, 0.717) is 18.2 Å². The average Bonchev–Trinajstić information content (AvgIpc) is 3.47. The fourth-order valence-corrected chi connectivity index (χ4v) is 4.54. The predicted molar refractivity (Wildman–Crippen MR) is 97.7 cm³/mol. The molecule has 1 aromatic heterocycles. The molecule has 1 saturated carbocycles. The number of ether oxygens (including phenoxy) is 1. The molecule has 0 radical (unpaired) electrons. The highest BCUT2D eigenvalue weighted by molar-refractivity contribution is 5.96. The summed E-state index contributed by atoms with van der Waals surface area (Å²) in [7, 11) is 2.18. The lowest BCUT2D eigenvalue weighted by Gasteiger charge is -2.47. The summed E-state index contributed by atoms with van der Waals surface area (Å²) in [6.45, 7) is 5.40. The summed E-state index contributed by atoms with van der Waals surface area (Å²) >= 11 is 0. The molecule has 3 aliphatic heterocycles. The normalized spacial score (nSPS) is 25.9. The van der Waals surface area contributed by atoms with E-state index >= 15 is 0 Å². The van der Waals surface area contributed by atoms with Gasteiger partial charge in [-0.05, 0) is 39.2 Å². The van der Waals surface area contributed by atoms with Gasteiger partial charge in [-0.1, -0.05) is 0 Å². The highest BCUT2D eigenvalue weighted by Gasteiger charge is 2.40. The summed E-state index contributed by atoms with van der Waals surface area (Å²) < 4.78 is 6.20. The quantitative estimate of drug-likeness (QED) is 0.850. The number of anilines is 1. The Hall–Kier alpha value is -1.73. The van der Waals surface area contributed by atoms with Crippen molar-refractivity contribution in [2.45, 2.75) is 43.6 Å². The highest BCUT2D eigenvalue weighted by atomic mass is 16.5. The zero-order valence-electron chi connectivity index (χ0n) is 15.5. The Morgan fingerprint density at radius 3 is 2.73 bits per heavy atom. The van der Waals surface area contributed by atoms with Gasteiger partial charge < -0.3 is 19.9 Å². The van der Waals surface area contributed by atoms with Crippen molar-refractivity contribution in [3.05, 3.63) is 17.1 Å². The lowest BCUT2D eigenvalue weighted by molar-refractivity contribution is -0.115. The van der Waals surface area contributed by atoms with Crippen molar-refractivity contribution < 1.29 is 9.53 Å². The summed E-state index contributed by atoms with van der Waals surface area (Å²) in [5, 5.41) is 2.93. The molecule has 26 heavy (non-hydrogen) atoms. The highest BCUT2D eigenvalue weighted by Crippen LogP contribution is 2.40. The van der Waals surface area contributed by atoms with E-state index in [9.17, 15) is 4.79 Å². The molecule has 1 aromatic rings. The monoisotopic (exact) mass is 357 g/mol. The molecule has 0 atom stereocenters. The van der Waals surface area contributed by atoms with Crippen LogP contribution >= 0.6 is 0 Å². The van der Waals surface area contributed by atoms with Crippen LogP contribution in [-0.2, 0) is 11.2 Å². The molecule has 4 heterocycles. The Morgan fingerprint density at radius 1 is 1.19 bits per heavy atom. The number of nitrogens with one attached hydrogen (secondary N) is 1. The molecule has 1 aliphatic carbocycles. The molecule has 7 nitrogen and oxygen atoms in total. The third-order valence-electron chi connectivity index (χ3n) is 6.23. The molecule has 1 spiro atoms. The van der Waals surface area contributed by atoms with Gasteiger partial charge in [0, 0.05) is 44.2 Å². The lowest BCUT2D eigenvalue weighted by atomic mass is 9.89. The van der Waals surface area contributed by atoms with E-state index in [1.807, 2.05) is 0 Å². The van der Waals surface area contributed by atoms with Gasteiger partial charge in [-0.3, -0.25) is 4.79 Å². The van der Waals surface area contributed by atoms with Gasteiger partial charge in [0.25, 0.3) is 5.91 Å². The minimum absolute atomic E-state index is 0.00666. The number of fused-ring (bicyclic) bond motifs is 1. The minimum Gasteiger partial charge on any atom is -0.372 e. The topological polar surface area (TPSA) is 70.6 Å². The van der Waals surface area contributed by atoms with Crippen LogP contribution in [0, 0.1) is 0 Å². The molecule has 4 aliphatic rings. The molecule has 7 heteroatoms. The molecule has 2 saturated heterocycles. The molecule has 1 amide bonds. The first-order chi connectivity index (χ1) is 12.6. The first-order valence-corrected chi connectivity index (χ1v) is 9.90. The summed E-state index contributed by atoms with van der Waals surface area (Å²) in [4.78, 5) is 26.7. The molecule has 0 bridgehead atoms. The van der Waals surface area contributed by atoms with Crippen molar-refractivity contribution in [2.24, 2.45) is 0 Å². The van der Waals surface area contributed by atoms with Gasteiger partial charge in [0.05, 0.1) is 12.2 Å². The summed E-state index contributed by atoms with van der Waals surface area (Å²) in [6, 6.07) is 0. The fourth-order valence-electron chi connectivity index (χ4n) is 4.54. The number of morpholine rings is 1. The van der Waals surface area contributed by atoms with Crippen LogP contribution in [0.3, 0.4) is 0 Å². The maximum absolute atomic E-state index is 12.3. The van der Waals surface area contributed by atoms with Gasteiger partial charge in [-0.25, -0.2) is 9.97 Å². The second-order valence-corrected chi connectivity index (χ2v) is 8.27. The molecular weight excluding hydrogens is 330 g/mol. The number of likely N-dealkylation sites (N-methyl/N-ethyl adjacent to an activating group) is 1. The number of carbonyl (C=O) groups excluding carboxylic acids is 1. The van der Waals surface area contributed by atoms with E-state index in [-0.39, 0.29) is 11.5 Å². The smallest absolute Gasteiger partial charge is 0.270 e. The van der Waals surface area contributed by atoms with Crippen molar-refractivity contribution in [2.75, 3.05) is 51.3 Å². The number of nitrogens with zero attached hydrogens (tertiary/aromatic N) is 4. The van der Waals surface area contributed by atoms with Gasteiger partial charge in [0.15, 0.2) is 0 Å². The Kier molecular flexibility index (Phi) is 3.90. The van der Waals surface area contributed by atoms with Gasteiger partial charge in [0.2, 0.25) is 0 Å². The number of amides is 1. The standard InChI is InChI=1S/C19H27N5O2/c1-23-10-11-26-19(12-23)5-8-24(9-6-19)17-14-4-7-20-18(25)15(14)21-16(22-17)13-2-3-13/h13H,2-12H2,1H3,(H,20,25). The number of hydrogen-bond donors (Lipinski definition) is 1. The van der Waals surface area contributed by atoms with E-state index in [1.54, 1.807) is 0 Å². The van der Waals surface area contributed by atoms with E-state index in [0.717, 1.165) is 82.1 Å². The SMILES string of the molecule is CN1CCOC2(CCN(c3nc(C4CC4)nc4c3CCNC4=O)CC2)C1. The van der Waals surface area contributed by atoms with Crippen LogP contribution in [0.5, 0.6) is 0 Å². The number of aromatic nitrogens is 2. The largest absolute Gasteiger partial charge is 0.372 e. The Balaban J connectivity index is 1.42. The van der Waals surface area contributed by atoms with Crippen molar-refractivity contribution in [3.63, 3.8) is 0 Å². The Labute approximate surface area is 154 Å². The number of rotatable bonds is 2. The van der Waals surface area contributed by atoms with Gasteiger partial charge in [-0.2, -0.15) is 0 Å². The molecule has 3 fully saturated rings. The number of piperidine rings is 1. The average molecular weight is 357 g/mol. The van der Waals surface area contributed by atoms with Crippen molar-refractivity contribution in [3.8, 4) is 0 Å². The molecular formula is C19H27N5O2. The van der Waals surface area contributed by atoms with Gasteiger partial charge >= 0.3 is 0 Å². The van der Waals surface area contributed by atoms with Crippen LogP contribution in [0.1, 0.15) is 53.5 Å². The minimum atomic E-state index is -0.0393. The van der Waals surface area contributed by atoms with Crippen LogP contribution in [0.4, 0.5) is 5.82 Å². The second kappa shape index (κ2) is 6.16. The van der Waals surface area contributed by atoms with Crippen LogP contribution in [0.2, 0.25) is 0 Å². The van der Waals surface area contributed by atoms with Crippen molar-refractivity contribution >= 4 is 11.7 Å². The summed E-state index contributed by atoms with van der Waals surface area (Å²) in [6.07, 6.45) is 5.14. The molecule has 0 unspecified atom stereocenters. The van der Waals surface area contributed by atoms with E-state index in [2.05, 4.69) is 27.1 Å². The van der Waals surface area contributed by atoms with Crippen LogP contribution in [-0.4, -0.2) is 72.8 Å². The second-order valence-electron chi connectivity index (χ2n) is 8.27. The summed E-state index contributed by atoms with van der Waals surface area (Å²) in [5.41, 5.74) is 1.64. The Bertz CT molecular complexity index is 725. The number of carbonyl (C=O) groups is 1. The van der Waals surface area contributed by atoms with Crippen LogP contribution in [0.25, 0.3) is 0 Å². The molecule has 1 N–H and O–H groups in total. The van der Waals surface area contributed by atoms with E-state index in [1.165, 1.54) is 0 Å². The summed E-state index contributed by atoms with van der Waals surface area (Å²) in [5.74, 6) is 2.28. The fraction of sp³-hybridized carbons (Fsp3) is 0.737. The molecule has 0 aromatic carbocycles. The predicted octanol–water partition coefficient (Wildman–Crippen LogP) is 0.941. The first kappa shape index (κ1) is 16.4. The Morgan fingerprint density at radius 2 is 2.00 bits per heavy atom. The van der Waals surface area contributed by atoms with Gasteiger partial charge in [-0.15, -0.1) is 0 Å². The van der Waals surface area contributed by atoms with Crippen molar-refractivity contribution in [1.82, 2.24) is 20.2 Å². The maximum atomic E-state index is 12.3. The van der Waals surface area contributed by atoms with E-state index in [4.69, 9.17) is 9.72 Å². The maximum Gasteiger partial charge on any atom is 0.270 e. The third-order valence-corrected chi connectivity index (χ3v) is 6.23. The zero-order chi connectivity index (χ0) is 17.7. The number of hydrogen-bond acceptors (Lipinski definition) is 6. The molecule has 140 valence electrons. The zero-order valence-corrected chi connectivity index (χ0v) is 15.5. The third kappa shape index (κ3) is 2.87.